The van der Waals surface area contributed by atoms with Crippen LogP contribution < -0.4 is 0 Å². The van der Waals surface area contributed by atoms with Gasteiger partial charge in [0.25, 0.3) is 0 Å². The second-order valence-electron chi connectivity index (χ2n) is 1.79. The topological polar surface area (TPSA) is 26.3 Å². The Morgan fingerprint density at radius 1 is 1.71 bits per heavy atom. The van der Waals surface area contributed by atoms with E-state index in [2.05, 4.69) is 4.74 Å². The van der Waals surface area contributed by atoms with Gasteiger partial charge in [0, 0.05) is 0 Å². The second kappa shape index (κ2) is 3.65. The first-order valence-corrected chi connectivity index (χ1v) is 2.26. The van der Waals surface area contributed by atoms with Gasteiger partial charge in [-0.1, -0.05) is 13.8 Å². The van der Waals surface area contributed by atoms with Crippen LogP contribution in [-0.2, 0) is 9.53 Å². The molecule has 0 aliphatic carbocycles. The Morgan fingerprint density at radius 2 is 2.29 bits per heavy atom. The third-order valence-electron chi connectivity index (χ3n) is 0.476. The Labute approximate surface area is 43.5 Å². The molecule has 0 aliphatic rings. The van der Waals surface area contributed by atoms with Crippen molar-refractivity contribution < 1.29 is 9.53 Å². The van der Waals surface area contributed by atoms with Crippen LogP contribution in [0.1, 0.15) is 13.8 Å². The second-order valence-corrected chi connectivity index (χ2v) is 1.79. The first kappa shape index (κ1) is 6.47. The summed E-state index contributed by atoms with van der Waals surface area (Å²) in [6, 6.07) is 0. The molecule has 7 heavy (non-hydrogen) atoms. The van der Waals surface area contributed by atoms with Gasteiger partial charge in [-0.3, -0.25) is 0 Å². The summed E-state index contributed by atoms with van der Waals surface area (Å²) < 4.78 is 4.29. The van der Waals surface area contributed by atoms with E-state index in [9.17, 15) is 4.79 Å². The minimum Gasteiger partial charge on any atom is -0.457 e. The van der Waals surface area contributed by atoms with Gasteiger partial charge in [0.2, 0.25) is 0 Å². The third kappa shape index (κ3) is 5.47. The summed E-state index contributed by atoms with van der Waals surface area (Å²) in [5.41, 5.74) is 0. The Bertz CT molecular complexity index is 50.0. The third-order valence-corrected chi connectivity index (χ3v) is 0.476. The zero-order chi connectivity index (χ0) is 5.70. The van der Waals surface area contributed by atoms with Gasteiger partial charge in [0.05, 0.1) is 6.61 Å². The van der Waals surface area contributed by atoms with Crippen molar-refractivity contribution in [1.29, 1.82) is 0 Å². The molecule has 2 nitrogen and oxygen atoms in total. The van der Waals surface area contributed by atoms with Crippen LogP contribution in [0.5, 0.6) is 0 Å². The van der Waals surface area contributed by atoms with Gasteiger partial charge in [0.1, 0.15) is 0 Å². The van der Waals surface area contributed by atoms with Gasteiger partial charge in [-0.05, 0) is 5.92 Å². The Morgan fingerprint density at radius 3 is 2.43 bits per heavy atom. The maximum Gasteiger partial charge on any atom is 0.417 e. The maximum absolute atomic E-state index is 9.36. The standard InChI is InChI=1S/C5H9O2/c1-5(2)3-7-4-6/h5H,3H2,1-2H3. The van der Waals surface area contributed by atoms with Crippen molar-refractivity contribution in [3.63, 3.8) is 0 Å². The van der Waals surface area contributed by atoms with Crippen LogP contribution in [0.2, 0.25) is 0 Å². The lowest BCUT2D eigenvalue weighted by Gasteiger charge is -1.97. The highest BCUT2D eigenvalue weighted by molar-refractivity contribution is 5.38. The van der Waals surface area contributed by atoms with E-state index in [-0.39, 0.29) is 0 Å². The van der Waals surface area contributed by atoms with Gasteiger partial charge in [-0.2, -0.15) is 0 Å². The lowest BCUT2D eigenvalue weighted by atomic mass is 10.2. The first-order valence-electron chi connectivity index (χ1n) is 2.26. The molecule has 0 atom stereocenters. The minimum absolute atomic E-state index is 0.418. The fourth-order valence-electron chi connectivity index (χ4n) is 0.201. The zero-order valence-corrected chi connectivity index (χ0v) is 4.60. The lowest BCUT2D eigenvalue weighted by Crippen LogP contribution is -1.98. The summed E-state index contributed by atoms with van der Waals surface area (Å²) in [6.45, 7) is 5.76. The molecule has 0 aromatic heterocycles. The van der Waals surface area contributed by atoms with E-state index in [1.807, 2.05) is 13.8 Å². The van der Waals surface area contributed by atoms with Crippen LogP contribution >= 0.6 is 0 Å². The molecule has 0 unspecified atom stereocenters. The first-order chi connectivity index (χ1) is 3.27. The van der Waals surface area contributed by atoms with E-state index in [0.717, 1.165) is 0 Å². The Balaban J connectivity index is 2.81. The van der Waals surface area contributed by atoms with Gasteiger partial charge in [-0.15, -0.1) is 0 Å². The fraction of sp³-hybridized carbons (Fsp3) is 0.800. The van der Waals surface area contributed by atoms with Crippen molar-refractivity contribution in [1.82, 2.24) is 0 Å². The monoisotopic (exact) mass is 101 g/mol. The van der Waals surface area contributed by atoms with Crippen LogP contribution in [0.3, 0.4) is 0 Å². The van der Waals surface area contributed by atoms with E-state index in [4.69, 9.17) is 0 Å². The van der Waals surface area contributed by atoms with Gasteiger partial charge in [-0.25, -0.2) is 4.79 Å². The van der Waals surface area contributed by atoms with Crippen LogP contribution in [0.15, 0.2) is 0 Å². The van der Waals surface area contributed by atoms with Crippen LogP contribution in [0, 0.1) is 5.92 Å². The van der Waals surface area contributed by atoms with Gasteiger partial charge < -0.3 is 4.74 Å². The molecule has 0 aliphatic heterocycles. The average molecular weight is 101 g/mol. The summed E-state index contributed by atoms with van der Waals surface area (Å²) in [4.78, 5) is 9.36. The predicted octanol–water partition coefficient (Wildman–Crippen LogP) is 0.726. The Kier molecular flexibility index (Phi) is 3.38. The van der Waals surface area contributed by atoms with Crippen molar-refractivity contribution >= 4 is 6.47 Å². The minimum atomic E-state index is 0.418. The van der Waals surface area contributed by atoms with E-state index >= 15 is 0 Å². The normalized spacial score (nSPS) is 9.00. The highest BCUT2D eigenvalue weighted by Crippen LogP contribution is 1.88. The number of rotatable bonds is 3. The molecule has 0 bridgehead atoms. The molecule has 0 aromatic rings. The fourth-order valence-corrected chi connectivity index (χ4v) is 0.201. The summed E-state index contributed by atoms with van der Waals surface area (Å²) >= 11 is 0. The highest BCUT2D eigenvalue weighted by Gasteiger charge is 1.89. The number of hydrogen-bond acceptors (Lipinski definition) is 2. The van der Waals surface area contributed by atoms with Crippen molar-refractivity contribution in [3.8, 4) is 0 Å². The average Bonchev–Trinajstić information content (AvgIpc) is 1.61. The molecule has 0 rings (SSSR count). The van der Waals surface area contributed by atoms with Crippen molar-refractivity contribution in [2.45, 2.75) is 13.8 Å². The lowest BCUT2D eigenvalue weighted by molar-refractivity contribution is 0.240. The van der Waals surface area contributed by atoms with E-state index in [0.29, 0.717) is 12.5 Å². The number of carbonyl (C=O) groups excluding carboxylic acids is 1. The molecule has 0 amide bonds. The van der Waals surface area contributed by atoms with Crippen molar-refractivity contribution in [3.05, 3.63) is 0 Å². The summed E-state index contributed by atoms with van der Waals surface area (Å²) in [5, 5.41) is 0. The molecule has 2 heteroatoms. The van der Waals surface area contributed by atoms with Gasteiger partial charge >= 0.3 is 6.47 Å². The van der Waals surface area contributed by atoms with E-state index in [1.54, 1.807) is 0 Å². The Hall–Kier alpha value is -0.530. The van der Waals surface area contributed by atoms with Crippen molar-refractivity contribution in [2.24, 2.45) is 5.92 Å². The van der Waals surface area contributed by atoms with Crippen LogP contribution in [0.4, 0.5) is 0 Å². The summed E-state index contributed by atoms with van der Waals surface area (Å²) in [5.74, 6) is 0.418. The predicted molar refractivity (Wildman–Crippen MR) is 26.5 cm³/mol. The largest absolute Gasteiger partial charge is 0.457 e. The van der Waals surface area contributed by atoms with E-state index < -0.39 is 0 Å². The van der Waals surface area contributed by atoms with Gasteiger partial charge in [0.15, 0.2) is 0 Å². The highest BCUT2D eigenvalue weighted by atomic mass is 16.5. The van der Waals surface area contributed by atoms with Crippen LogP contribution in [-0.4, -0.2) is 13.1 Å². The molecule has 0 N–H and O–H groups in total. The molecular formula is C5H9O2. The quantitative estimate of drug-likeness (QED) is 0.523. The zero-order valence-electron chi connectivity index (χ0n) is 4.60. The molecule has 41 valence electrons. The van der Waals surface area contributed by atoms with Crippen molar-refractivity contribution in [2.75, 3.05) is 6.61 Å². The molecule has 0 aromatic carbocycles. The SMILES string of the molecule is CC(C)CO[C]=O. The smallest absolute Gasteiger partial charge is 0.417 e. The summed E-state index contributed by atoms with van der Waals surface area (Å²) in [6.07, 6.45) is 0. The molecule has 0 saturated heterocycles. The summed E-state index contributed by atoms with van der Waals surface area (Å²) in [7, 11) is 0. The number of hydrogen-bond donors (Lipinski definition) is 0. The number of ether oxygens (including phenoxy) is 1. The molecule has 0 heterocycles. The molecule has 0 fully saturated rings. The molecule has 0 spiro atoms. The van der Waals surface area contributed by atoms with E-state index in [1.165, 1.54) is 6.47 Å². The molecule has 1 radical (unpaired) electrons. The molecular weight excluding hydrogens is 92.1 g/mol. The molecule has 0 saturated carbocycles. The van der Waals surface area contributed by atoms with Crippen LogP contribution in [0.25, 0.3) is 0 Å². The maximum atomic E-state index is 9.36.